The highest BCUT2D eigenvalue weighted by Gasteiger charge is 2.41. The zero-order valence-corrected chi connectivity index (χ0v) is 13.8. The standard InChI is InChI=1S/C15H28BrNO/c1-11(2)9-15(7-5-6-8-15)14(18)17-13(4)12(3)10-16/h11-13H,5-10H2,1-4H3,(H,17,18). The van der Waals surface area contributed by atoms with Crippen LogP contribution >= 0.6 is 15.9 Å². The molecule has 106 valence electrons. The molecule has 1 fully saturated rings. The van der Waals surface area contributed by atoms with E-state index in [1.807, 2.05) is 0 Å². The van der Waals surface area contributed by atoms with Gasteiger partial charge in [0.1, 0.15) is 0 Å². The molecule has 0 aromatic carbocycles. The Labute approximate surface area is 120 Å². The summed E-state index contributed by atoms with van der Waals surface area (Å²) >= 11 is 3.49. The van der Waals surface area contributed by atoms with Crippen molar-refractivity contribution in [1.29, 1.82) is 0 Å². The van der Waals surface area contributed by atoms with Crippen molar-refractivity contribution >= 4 is 21.8 Å². The van der Waals surface area contributed by atoms with Gasteiger partial charge in [-0.25, -0.2) is 0 Å². The molecule has 0 aromatic heterocycles. The second kappa shape index (κ2) is 6.93. The van der Waals surface area contributed by atoms with Crippen LogP contribution in [0.15, 0.2) is 0 Å². The lowest BCUT2D eigenvalue weighted by atomic mass is 9.77. The Hall–Kier alpha value is -0.0500. The zero-order chi connectivity index (χ0) is 13.8. The number of halogens is 1. The molecule has 2 nitrogen and oxygen atoms in total. The van der Waals surface area contributed by atoms with Crippen molar-refractivity contribution in [2.45, 2.75) is 65.8 Å². The Balaban J connectivity index is 2.66. The third-order valence-corrected chi connectivity index (χ3v) is 5.32. The molecule has 0 saturated heterocycles. The first-order chi connectivity index (χ1) is 8.41. The number of alkyl halides is 1. The van der Waals surface area contributed by atoms with E-state index in [1.165, 1.54) is 12.8 Å². The molecule has 1 rings (SSSR count). The minimum Gasteiger partial charge on any atom is -0.353 e. The Morgan fingerprint density at radius 3 is 2.22 bits per heavy atom. The van der Waals surface area contributed by atoms with Gasteiger partial charge in [-0.15, -0.1) is 0 Å². The summed E-state index contributed by atoms with van der Waals surface area (Å²) in [6.07, 6.45) is 5.61. The predicted molar refractivity (Wildman–Crippen MR) is 80.9 cm³/mol. The first-order valence-electron chi connectivity index (χ1n) is 7.28. The van der Waals surface area contributed by atoms with Crippen LogP contribution in [-0.2, 0) is 4.79 Å². The van der Waals surface area contributed by atoms with Gasteiger partial charge >= 0.3 is 0 Å². The molecular formula is C15H28BrNO. The molecule has 3 heteroatoms. The summed E-state index contributed by atoms with van der Waals surface area (Å²) in [5.41, 5.74) is -0.0749. The van der Waals surface area contributed by atoms with Crippen molar-refractivity contribution in [2.24, 2.45) is 17.3 Å². The van der Waals surface area contributed by atoms with E-state index in [0.717, 1.165) is 24.6 Å². The van der Waals surface area contributed by atoms with Gasteiger partial charge in [0.25, 0.3) is 0 Å². The number of amides is 1. The van der Waals surface area contributed by atoms with E-state index in [2.05, 4.69) is 48.9 Å². The van der Waals surface area contributed by atoms with E-state index in [1.54, 1.807) is 0 Å². The molecule has 1 N–H and O–H groups in total. The van der Waals surface area contributed by atoms with Crippen LogP contribution in [0.1, 0.15) is 59.8 Å². The van der Waals surface area contributed by atoms with Crippen LogP contribution in [-0.4, -0.2) is 17.3 Å². The van der Waals surface area contributed by atoms with Gasteiger partial charge < -0.3 is 5.32 Å². The molecule has 1 saturated carbocycles. The number of rotatable bonds is 6. The molecule has 2 atom stereocenters. The highest BCUT2D eigenvalue weighted by atomic mass is 79.9. The molecule has 0 aliphatic heterocycles. The number of carbonyl (C=O) groups is 1. The van der Waals surface area contributed by atoms with Crippen molar-refractivity contribution in [3.05, 3.63) is 0 Å². The average Bonchev–Trinajstić information content (AvgIpc) is 2.76. The van der Waals surface area contributed by atoms with E-state index >= 15 is 0 Å². The summed E-state index contributed by atoms with van der Waals surface area (Å²) in [7, 11) is 0. The average molecular weight is 318 g/mol. The monoisotopic (exact) mass is 317 g/mol. The van der Waals surface area contributed by atoms with Gasteiger partial charge in [0, 0.05) is 16.8 Å². The van der Waals surface area contributed by atoms with Gasteiger partial charge in [-0.1, -0.05) is 49.5 Å². The summed E-state index contributed by atoms with van der Waals surface area (Å²) in [5, 5.41) is 4.19. The van der Waals surface area contributed by atoms with Crippen LogP contribution in [0.5, 0.6) is 0 Å². The van der Waals surface area contributed by atoms with Crippen molar-refractivity contribution in [3.63, 3.8) is 0 Å². The van der Waals surface area contributed by atoms with Crippen molar-refractivity contribution in [3.8, 4) is 0 Å². The van der Waals surface area contributed by atoms with Gasteiger partial charge in [-0.3, -0.25) is 4.79 Å². The molecule has 18 heavy (non-hydrogen) atoms. The second-order valence-corrected chi connectivity index (χ2v) is 7.13. The number of carbonyl (C=O) groups excluding carboxylic acids is 1. The van der Waals surface area contributed by atoms with E-state index in [-0.39, 0.29) is 11.5 Å². The molecule has 0 spiro atoms. The summed E-state index contributed by atoms with van der Waals surface area (Å²) < 4.78 is 0. The first kappa shape index (κ1) is 16.0. The number of hydrogen-bond donors (Lipinski definition) is 1. The largest absolute Gasteiger partial charge is 0.353 e. The number of hydrogen-bond acceptors (Lipinski definition) is 1. The summed E-state index contributed by atoms with van der Waals surface area (Å²) in [6.45, 7) is 8.72. The van der Waals surface area contributed by atoms with Gasteiger partial charge in [0.15, 0.2) is 0 Å². The van der Waals surface area contributed by atoms with Crippen molar-refractivity contribution in [2.75, 3.05) is 5.33 Å². The molecular weight excluding hydrogens is 290 g/mol. The van der Waals surface area contributed by atoms with E-state index in [4.69, 9.17) is 0 Å². The normalized spacial score (nSPS) is 21.9. The lowest BCUT2D eigenvalue weighted by molar-refractivity contribution is -0.132. The highest BCUT2D eigenvalue weighted by Crippen LogP contribution is 2.43. The van der Waals surface area contributed by atoms with Crippen molar-refractivity contribution < 1.29 is 4.79 Å². The fourth-order valence-corrected chi connectivity index (χ4v) is 3.55. The Morgan fingerprint density at radius 2 is 1.78 bits per heavy atom. The molecule has 1 amide bonds. The zero-order valence-electron chi connectivity index (χ0n) is 12.3. The third-order valence-electron chi connectivity index (χ3n) is 4.30. The smallest absolute Gasteiger partial charge is 0.226 e. The Kier molecular flexibility index (Phi) is 6.16. The fraction of sp³-hybridized carbons (Fsp3) is 0.933. The van der Waals surface area contributed by atoms with Crippen LogP contribution in [0.2, 0.25) is 0 Å². The van der Waals surface area contributed by atoms with Gasteiger partial charge in [-0.2, -0.15) is 0 Å². The maximum absolute atomic E-state index is 12.6. The highest BCUT2D eigenvalue weighted by molar-refractivity contribution is 9.09. The molecule has 0 aromatic rings. The Morgan fingerprint density at radius 1 is 1.22 bits per heavy atom. The lowest BCUT2D eigenvalue weighted by Gasteiger charge is -2.32. The predicted octanol–water partition coefficient (Wildman–Crippen LogP) is 4.13. The van der Waals surface area contributed by atoms with Gasteiger partial charge in [-0.05, 0) is 38.0 Å². The number of nitrogens with one attached hydrogen (secondary N) is 1. The topological polar surface area (TPSA) is 29.1 Å². The second-order valence-electron chi connectivity index (χ2n) is 6.48. The van der Waals surface area contributed by atoms with Gasteiger partial charge in [0.05, 0.1) is 0 Å². The lowest BCUT2D eigenvalue weighted by Crippen LogP contribution is -2.46. The first-order valence-corrected chi connectivity index (χ1v) is 8.40. The minimum absolute atomic E-state index is 0.0749. The third kappa shape index (κ3) is 3.97. The molecule has 0 heterocycles. The van der Waals surface area contributed by atoms with Crippen LogP contribution in [0.3, 0.4) is 0 Å². The van der Waals surface area contributed by atoms with Crippen LogP contribution in [0.4, 0.5) is 0 Å². The molecule has 2 unspecified atom stereocenters. The summed E-state index contributed by atoms with van der Waals surface area (Å²) in [6, 6.07) is 0.251. The summed E-state index contributed by atoms with van der Waals surface area (Å²) in [5.74, 6) is 1.37. The summed E-state index contributed by atoms with van der Waals surface area (Å²) in [4.78, 5) is 12.6. The van der Waals surface area contributed by atoms with Gasteiger partial charge in [0.2, 0.25) is 5.91 Å². The molecule has 1 aliphatic carbocycles. The van der Waals surface area contributed by atoms with Crippen LogP contribution in [0.25, 0.3) is 0 Å². The maximum atomic E-state index is 12.6. The molecule has 0 radical (unpaired) electrons. The van der Waals surface area contributed by atoms with E-state index in [0.29, 0.717) is 17.7 Å². The molecule has 1 aliphatic rings. The Bertz CT molecular complexity index is 272. The van der Waals surface area contributed by atoms with E-state index in [9.17, 15) is 4.79 Å². The minimum atomic E-state index is -0.0749. The quantitative estimate of drug-likeness (QED) is 0.733. The SMILES string of the molecule is CC(C)CC1(C(=O)NC(C)C(C)CBr)CCCC1. The van der Waals surface area contributed by atoms with Crippen LogP contribution < -0.4 is 5.32 Å². The fourth-order valence-electron chi connectivity index (χ4n) is 2.99. The van der Waals surface area contributed by atoms with Crippen molar-refractivity contribution in [1.82, 2.24) is 5.32 Å². The van der Waals surface area contributed by atoms with Crippen LogP contribution in [0, 0.1) is 17.3 Å². The molecule has 0 bridgehead atoms. The van der Waals surface area contributed by atoms with E-state index < -0.39 is 0 Å². The maximum Gasteiger partial charge on any atom is 0.226 e.